The number of aromatic nitrogens is 3. The van der Waals surface area contributed by atoms with Gasteiger partial charge >= 0.3 is 6.03 Å². The van der Waals surface area contributed by atoms with Gasteiger partial charge in [-0.15, -0.1) is 0 Å². The van der Waals surface area contributed by atoms with E-state index in [1.54, 1.807) is 34.2 Å². The Labute approximate surface area is 151 Å². The van der Waals surface area contributed by atoms with Crippen LogP contribution in [0.5, 0.6) is 17.2 Å². The fourth-order valence-corrected chi connectivity index (χ4v) is 3.07. The molecule has 9 heteroatoms. The number of benzene rings is 1. The molecule has 1 aromatic carbocycles. The third-order valence-electron chi connectivity index (χ3n) is 4.43. The molecule has 2 aromatic rings. The molecule has 2 heterocycles. The van der Waals surface area contributed by atoms with E-state index in [4.69, 9.17) is 14.2 Å². The normalized spacial score (nSPS) is 14.8. The zero-order valence-corrected chi connectivity index (χ0v) is 15.1. The molecule has 0 radical (unpaired) electrons. The van der Waals surface area contributed by atoms with Crippen molar-refractivity contribution in [2.24, 2.45) is 0 Å². The highest BCUT2D eigenvalue weighted by atomic mass is 16.5. The van der Waals surface area contributed by atoms with Gasteiger partial charge in [-0.25, -0.2) is 4.79 Å². The van der Waals surface area contributed by atoms with E-state index >= 15 is 0 Å². The molecule has 1 saturated heterocycles. The largest absolute Gasteiger partial charge is 0.493 e. The van der Waals surface area contributed by atoms with Crippen molar-refractivity contribution in [2.45, 2.75) is 18.9 Å². The maximum Gasteiger partial charge on any atom is 0.321 e. The number of methoxy groups -OCH3 is 3. The van der Waals surface area contributed by atoms with Crippen LogP contribution >= 0.6 is 0 Å². The highest BCUT2D eigenvalue weighted by Gasteiger charge is 2.25. The minimum absolute atomic E-state index is 0.161. The number of carbonyl (C=O) groups excluding carboxylic acids is 1. The van der Waals surface area contributed by atoms with Crippen molar-refractivity contribution in [1.82, 2.24) is 19.9 Å². The highest BCUT2D eigenvalue weighted by molar-refractivity contribution is 5.90. The second-order valence-electron chi connectivity index (χ2n) is 5.91. The van der Waals surface area contributed by atoms with Gasteiger partial charge in [-0.1, -0.05) is 0 Å². The average Bonchev–Trinajstić information content (AvgIpc) is 3.22. The molecule has 1 aliphatic rings. The van der Waals surface area contributed by atoms with Crippen LogP contribution in [0, 0.1) is 0 Å². The van der Waals surface area contributed by atoms with Gasteiger partial charge in [0.25, 0.3) is 0 Å². The second kappa shape index (κ2) is 7.94. The SMILES string of the molecule is COc1cc(NC(=O)N2CCC(n3nccn3)CC2)cc(OC)c1OC. The van der Waals surface area contributed by atoms with Gasteiger partial charge in [-0.3, -0.25) is 0 Å². The molecule has 26 heavy (non-hydrogen) atoms. The van der Waals surface area contributed by atoms with Crippen LogP contribution in [0.25, 0.3) is 0 Å². The standard InChI is InChI=1S/C17H23N5O4/c1-24-14-10-12(11-15(25-2)16(14)26-3)20-17(23)21-8-4-13(5-9-21)22-18-6-7-19-22/h6-7,10-11,13H,4-5,8-9H2,1-3H3,(H,20,23). The quantitative estimate of drug-likeness (QED) is 0.878. The first kappa shape index (κ1) is 17.8. The Balaban J connectivity index is 1.65. The molecule has 0 unspecified atom stereocenters. The number of urea groups is 1. The predicted molar refractivity (Wildman–Crippen MR) is 95.0 cm³/mol. The molecule has 0 bridgehead atoms. The first-order chi connectivity index (χ1) is 12.7. The van der Waals surface area contributed by atoms with E-state index in [9.17, 15) is 4.79 Å². The summed E-state index contributed by atoms with van der Waals surface area (Å²) in [6, 6.07) is 3.49. The van der Waals surface area contributed by atoms with Crippen molar-refractivity contribution in [2.75, 3.05) is 39.7 Å². The second-order valence-corrected chi connectivity index (χ2v) is 5.91. The van der Waals surface area contributed by atoms with Gasteiger partial charge in [0.15, 0.2) is 11.5 Å². The number of nitrogens with one attached hydrogen (secondary N) is 1. The third kappa shape index (κ3) is 3.66. The lowest BCUT2D eigenvalue weighted by atomic mass is 10.1. The number of nitrogens with zero attached hydrogens (tertiary/aromatic N) is 4. The first-order valence-corrected chi connectivity index (χ1v) is 8.38. The van der Waals surface area contributed by atoms with Crippen molar-refractivity contribution >= 4 is 11.7 Å². The molecule has 0 atom stereocenters. The third-order valence-corrected chi connectivity index (χ3v) is 4.43. The van der Waals surface area contributed by atoms with E-state index in [0.717, 1.165) is 12.8 Å². The molecule has 1 aromatic heterocycles. The molecule has 140 valence electrons. The summed E-state index contributed by atoms with van der Waals surface area (Å²) in [5.41, 5.74) is 0.584. The maximum atomic E-state index is 12.6. The van der Waals surface area contributed by atoms with E-state index in [2.05, 4.69) is 15.5 Å². The zero-order chi connectivity index (χ0) is 18.5. The molecule has 1 aliphatic heterocycles. The molecule has 0 saturated carbocycles. The van der Waals surface area contributed by atoms with Crippen LogP contribution < -0.4 is 19.5 Å². The van der Waals surface area contributed by atoms with Crippen molar-refractivity contribution in [3.8, 4) is 17.2 Å². The van der Waals surface area contributed by atoms with Gasteiger partial charge in [0.2, 0.25) is 5.75 Å². The molecule has 2 amide bonds. The summed E-state index contributed by atoms with van der Waals surface area (Å²) in [7, 11) is 4.62. The minimum atomic E-state index is -0.161. The Morgan fingerprint density at radius 3 is 2.12 bits per heavy atom. The summed E-state index contributed by atoms with van der Waals surface area (Å²) in [6.45, 7) is 1.28. The predicted octanol–water partition coefficient (Wildman–Crippen LogP) is 2.17. The van der Waals surface area contributed by atoms with Gasteiger partial charge in [-0.05, 0) is 12.8 Å². The number of likely N-dealkylation sites (tertiary alicyclic amines) is 1. The van der Waals surface area contributed by atoms with E-state index in [1.165, 1.54) is 21.3 Å². The Kier molecular flexibility index (Phi) is 5.45. The molecular weight excluding hydrogens is 338 g/mol. The highest BCUT2D eigenvalue weighted by Crippen LogP contribution is 2.40. The van der Waals surface area contributed by atoms with E-state index in [0.29, 0.717) is 36.0 Å². The Bertz CT molecular complexity index is 717. The van der Waals surface area contributed by atoms with Gasteiger partial charge in [0.05, 0.1) is 45.5 Å². The number of carbonyl (C=O) groups is 1. The Morgan fingerprint density at radius 1 is 1.04 bits per heavy atom. The summed E-state index contributed by atoms with van der Waals surface area (Å²) in [5.74, 6) is 1.47. The summed E-state index contributed by atoms with van der Waals surface area (Å²) in [4.78, 5) is 16.1. The summed E-state index contributed by atoms with van der Waals surface area (Å²) in [5, 5.41) is 11.3. The fourth-order valence-electron chi connectivity index (χ4n) is 3.07. The van der Waals surface area contributed by atoms with Crippen molar-refractivity contribution in [3.05, 3.63) is 24.5 Å². The summed E-state index contributed by atoms with van der Waals surface area (Å²) in [6.07, 6.45) is 4.97. The van der Waals surface area contributed by atoms with Crippen molar-refractivity contribution in [3.63, 3.8) is 0 Å². The Hall–Kier alpha value is -2.97. The van der Waals surface area contributed by atoms with Gasteiger partial charge < -0.3 is 24.4 Å². The van der Waals surface area contributed by atoms with Crippen LogP contribution in [0.15, 0.2) is 24.5 Å². The number of anilines is 1. The van der Waals surface area contributed by atoms with Gasteiger partial charge in [0.1, 0.15) is 0 Å². The van der Waals surface area contributed by atoms with Crippen molar-refractivity contribution < 1.29 is 19.0 Å². The average molecular weight is 361 g/mol. The molecule has 3 rings (SSSR count). The first-order valence-electron chi connectivity index (χ1n) is 8.38. The van der Waals surface area contributed by atoms with Gasteiger partial charge in [-0.2, -0.15) is 15.0 Å². The monoisotopic (exact) mass is 361 g/mol. The number of ether oxygens (including phenoxy) is 3. The van der Waals surface area contributed by atoms with Crippen LogP contribution in [0.1, 0.15) is 18.9 Å². The lowest BCUT2D eigenvalue weighted by Crippen LogP contribution is -2.41. The van der Waals surface area contributed by atoms with E-state index in [1.807, 2.05) is 0 Å². The van der Waals surface area contributed by atoms with Crippen molar-refractivity contribution in [1.29, 1.82) is 0 Å². The number of hydrogen-bond donors (Lipinski definition) is 1. The number of rotatable bonds is 5. The van der Waals surface area contributed by atoms with Crippen LogP contribution in [-0.4, -0.2) is 60.3 Å². The molecule has 9 nitrogen and oxygen atoms in total. The number of amides is 2. The Morgan fingerprint density at radius 2 is 1.62 bits per heavy atom. The zero-order valence-electron chi connectivity index (χ0n) is 15.1. The topological polar surface area (TPSA) is 90.7 Å². The fraction of sp³-hybridized carbons (Fsp3) is 0.471. The molecule has 0 spiro atoms. The lowest BCUT2D eigenvalue weighted by Gasteiger charge is -2.31. The lowest BCUT2D eigenvalue weighted by molar-refractivity contribution is 0.175. The van der Waals surface area contributed by atoms with E-state index < -0.39 is 0 Å². The molecule has 0 aliphatic carbocycles. The minimum Gasteiger partial charge on any atom is -0.493 e. The van der Waals surface area contributed by atoms with Gasteiger partial charge in [0, 0.05) is 25.2 Å². The maximum absolute atomic E-state index is 12.6. The van der Waals surface area contributed by atoms with E-state index in [-0.39, 0.29) is 12.1 Å². The molecule has 1 fully saturated rings. The van der Waals surface area contributed by atoms with Crippen LogP contribution in [0.3, 0.4) is 0 Å². The summed E-state index contributed by atoms with van der Waals surface area (Å²) >= 11 is 0. The van der Waals surface area contributed by atoms with Crippen LogP contribution in [-0.2, 0) is 0 Å². The summed E-state index contributed by atoms with van der Waals surface area (Å²) < 4.78 is 15.9. The number of hydrogen-bond acceptors (Lipinski definition) is 6. The molecule has 1 N–H and O–H groups in total. The van der Waals surface area contributed by atoms with Crippen LogP contribution in [0.4, 0.5) is 10.5 Å². The van der Waals surface area contributed by atoms with Crippen LogP contribution in [0.2, 0.25) is 0 Å². The smallest absolute Gasteiger partial charge is 0.321 e. The number of piperidine rings is 1. The molecular formula is C17H23N5O4.